The predicted molar refractivity (Wildman–Crippen MR) is 145 cm³/mol. The number of aromatic nitrogens is 2. The van der Waals surface area contributed by atoms with Crippen LogP contribution in [0.5, 0.6) is 0 Å². The van der Waals surface area contributed by atoms with Gasteiger partial charge in [0, 0.05) is 38.9 Å². The summed E-state index contributed by atoms with van der Waals surface area (Å²) in [4.78, 5) is 9.58. The van der Waals surface area contributed by atoms with Crippen molar-refractivity contribution in [2.75, 3.05) is 0 Å². The van der Waals surface area contributed by atoms with Crippen molar-refractivity contribution in [2.24, 2.45) is 0 Å². The van der Waals surface area contributed by atoms with Gasteiger partial charge in [-0.3, -0.25) is 4.98 Å². The van der Waals surface area contributed by atoms with Crippen molar-refractivity contribution in [1.29, 1.82) is 10.5 Å². The van der Waals surface area contributed by atoms with Crippen molar-refractivity contribution >= 4 is 43.7 Å². The van der Waals surface area contributed by atoms with Crippen LogP contribution in [0.15, 0.2) is 102 Å². The zero-order valence-electron chi connectivity index (χ0n) is 19.4. The van der Waals surface area contributed by atoms with E-state index in [9.17, 15) is 10.5 Å². The average Bonchev–Trinajstić information content (AvgIpc) is 3.34. The Bertz CT molecular complexity index is 2090. The number of hydrogen-bond donors (Lipinski definition) is 0. The summed E-state index contributed by atoms with van der Waals surface area (Å²) in [6.07, 6.45) is 1.79. The van der Waals surface area contributed by atoms with E-state index in [0.717, 1.165) is 55.0 Å². The molecule has 0 N–H and O–H groups in total. The molecule has 3 aromatic heterocycles. The monoisotopic (exact) mass is 472 g/mol. The van der Waals surface area contributed by atoms with Gasteiger partial charge >= 0.3 is 0 Å². The highest BCUT2D eigenvalue weighted by molar-refractivity contribution is 6.14. The van der Waals surface area contributed by atoms with Gasteiger partial charge in [0.05, 0.1) is 40.0 Å². The molecule has 3 heterocycles. The molecule has 0 unspecified atom stereocenters. The van der Waals surface area contributed by atoms with Crippen LogP contribution in [0.2, 0.25) is 0 Å². The van der Waals surface area contributed by atoms with Crippen LogP contribution < -0.4 is 0 Å². The van der Waals surface area contributed by atoms with Crippen molar-refractivity contribution in [2.45, 2.75) is 0 Å². The maximum Gasteiger partial charge on any atom is 0.136 e. The minimum atomic E-state index is 0.452. The zero-order valence-corrected chi connectivity index (χ0v) is 19.4. The SMILES string of the molecule is N#Cc1cccc(C#N)c1-c1cccc2oc3ccc(-c4ccc5ccc6cccnc6c5n4)cc3c12. The Kier molecular flexibility index (Phi) is 4.51. The third-order valence-electron chi connectivity index (χ3n) is 6.80. The van der Waals surface area contributed by atoms with Gasteiger partial charge in [-0.1, -0.05) is 42.5 Å². The van der Waals surface area contributed by atoms with Crippen LogP contribution in [0.1, 0.15) is 11.1 Å². The van der Waals surface area contributed by atoms with E-state index >= 15 is 0 Å². The molecule has 7 rings (SSSR count). The number of hydrogen-bond acceptors (Lipinski definition) is 5. The molecule has 0 aliphatic carbocycles. The molecule has 0 saturated carbocycles. The van der Waals surface area contributed by atoms with E-state index in [1.165, 1.54) is 0 Å². The fourth-order valence-electron chi connectivity index (χ4n) is 5.11. The van der Waals surface area contributed by atoms with Gasteiger partial charge in [0.2, 0.25) is 0 Å². The summed E-state index contributed by atoms with van der Waals surface area (Å²) < 4.78 is 6.18. The van der Waals surface area contributed by atoms with Crippen LogP contribution in [-0.4, -0.2) is 9.97 Å². The third-order valence-corrected chi connectivity index (χ3v) is 6.80. The smallest absolute Gasteiger partial charge is 0.136 e. The van der Waals surface area contributed by atoms with E-state index in [1.807, 2.05) is 48.5 Å². The Hall–Kier alpha value is -5.52. The second-order valence-electron chi connectivity index (χ2n) is 8.85. The lowest BCUT2D eigenvalue weighted by atomic mass is 9.92. The average molecular weight is 473 g/mol. The topological polar surface area (TPSA) is 86.5 Å². The molecule has 0 atom stereocenters. The Labute approximate surface area is 211 Å². The standard InChI is InChI=1S/C32H16N4O/c33-17-22-4-1-5-23(18-34)29(22)24-7-2-8-28-30(24)25-16-21(12-14-27(25)37-28)26-13-11-20-10-9-19-6-3-15-35-31(19)32(20)36-26/h1-16H. The molecule has 0 saturated heterocycles. The maximum absolute atomic E-state index is 9.79. The van der Waals surface area contributed by atoms with E-state index in [-0.39, 0.29) is 0 Å². The highest BCUT2D eigenvalue weighted by Gasteiger charge is 2.18. The first-order valence-corrected chi connectivity index (χ1v) is 11.8. The van der Waals surface area contributed by atoms with Crippen molar-refractivity contribution in [3.05, 3.63) is 108 Å². The Balaban J connectivity index is 1.50. The summed E-state index contributed by atoms with van der Waals surface area (Å²) >= 11 is 0. The van der Waals surface area contributed by atoms with Gasteiger partial charge in [-0.25, -0.2) is 4.98 Å². The van der Waals surface area contributed by atoms with Crippen molar-refractivity contribution in [3.8, 4) is 34.5 Å². The summed E-state index contributed by atoms with van der Waals surface area (Å²) in [6.45, 7) is 0. The maximum atomic E-state index is 9.79. The van der Waals surface area contributed by atoms with E-state index in [4.69, 9.17) is 9.40 Å². The van der Waals surface area contributed by atoms with Gasteiger partial charge in [0.15, 0.2) is 0 Å². The molecule has 0 aliphatic heterocycles. The Morgan fingerprint density at radius 3 is 2.24 bits per heavy atom. The summed E-state index contributed by atoms with van der Waals surface area (Å²) in [5, 5.41) is 23.4. The van der Waals surface area contributed by atoms with Crippen LogP contribution in [0.4, 0.5) is 0 Å². The Morgan fingerprint density at radius 1 is 0.676 bits per heavy atom. The van der Waals surface area contributed by atoms with Gasteiger partial charge in [0.1, 0.15) is 11.2 Å². The van der Waals surface area contributed by atoms with Crippen LogP contribution in [-0.2, 0) is 0 Å². The minimum Gasteiger partial charge on any atom is -0.456 e. The highest BCUT2D eigenvalue weighted by Crippen LogP contribution is 2.40. The number of fused-ring (bicyclic) bond motifs is 6. The second-order valence-corrected chi connectivity index (χ2v) is 8.85. The van der Waals surface area contributed by atoms with Crippen LogP contribution in [0, 0.1) is 22.7 Å². The number of furan rings is 1. The predicted octanol–water partition coefficient (Wildman–Crippen LogP) is 7.76. The Morgan fingerprint density at radius 2 is 1.43 bits per heavy atom. The molecule has 0 radical (unpaired) electrons. The highest BCUT2D eigenvalue weighted by atomic mass is 16.3. The summed E-state index contributed by atoms with van der Waals surface area (Å²) in [7, 11) is 0. The number of nitriles is 2. The van der Waals surface area contributed by atoms with E-state index in [0.29, 0.717) is 22.3 Å². The molecule has 0 amide bonds. The fourth-order valence-corrected chi connectivity index (χ4v) is 5.11. The van der Waals surface area contributed by atoms with Gasteiger partial charge in [-0.2, -0.15) is 10.5 Å². The molecule has 0 bridgehead atoms. The van der Waals surface area contributed by atoms with E-state index in [2.05, 4.69) is 41.4 Å². The molecule has 0 aliphatic rings. The number of benzene rings is 4. The van der Waals surface area contributed by atoms with Crippen molar-refractivity contribution in [3.63, 3.8) is 0 Å². The van der Waals surface area contributed by atoms with Gasteiger partial charge in [-0.15, -0.1) is 0 Å². The second kappa shape index (κ2) is 8.02. The fraction of sp³-hybridized carbons (Fsp3) is 0. The molecule has 37 heavy (non-hydrogen) atoms. The molecule has 170 valence electrons. The lowest BCUT2D eigenvalue weighted by Crippen LogP contribution is -1.91. The molecule has 0 spiro atoms. The van der Waals surface area contributed by atoms with Gasteiger partial charge in [-0.05, 0) is 54.1 Å². The summed E-state index contributed by atoms with van der Waals surface area (Å²) in [5.74, 6) is 0. The molecule has 5 nitrogen and oxygen atoms in total. The third kappa shape index (κ3) is 3.16. The van der Waals surface area contributed by atoms with Crippen LogP contribution >= 0.6 is 0 Å². The first-order valence-electron chi connectivity index (χ1n) is 11.8. The summed E-state index contributed by atoms with van der Waals surface area (Å²) in [5.41, 5.74) is 7.24. The molecule has 4 aromatic carbocycles. The molecule has 5 heteroatoms. The minimum absolute atomic E-state index is 0.452. The molecular weight excluding hydrogens is 456 g/mol. The normalized spacial score (nSPS) is 11.2. The van der Waals surface area contributed by atoms with Crippen molar-refractivity contribution < 1.29 is 4.42 Å². The molecular formula is C32H16N4O. The molecule has 7 aromatic rings. The van der Waals surface area contributed by atoms with Crippen LogP contribution in [0.3, 0.4) is 0 Å². The zero-order chi connectivity index (χ0) is 24.9. The van der Waals surface area contributed by atoms with E-state index in [1.54, 1.807) is 24.4 Å². The largest absolute Gasteiger partial charge is 0.456 e. The lowest BCUT2D eigenvalue weighted by molar-refractivity contribution is 0.669. The molecule has 0 fully saturated rings. The first kappa shape index (κ1) is 20.8. The van der Waals surface area contributed by atoms with Gasteiger partial charge in [0.25, 0.3) is 0 Å². The quantitative estimate of drug-likeness (QED) is 0.240. The van der Waals surface area contributed by atoms with Crippen LogP contribution in [0.25, 0.3) is 66.1 Å². The van der Waals surface area contributed by atoms with Gasteiger partial charge < -0.3 is 4.42 Å². The number of nitrogens with zero attached hydrogens (tertiary/aromatic N) is 4. The lowest BCUT2D eigenvalue weighted by Gasteiger charge is -2.09. The van der Waals surface area contributed by atoms with E-state index < -0.39 is 0 Å². The number of pyridine rings is 2. The summed E-state index contributed by atoms with van der Waals surface area (Å²) in [6, 6.07) is 33.6. The van der Waals surface area contributed by atoms with Crippen molar-refractivity contribution in [1.82, 2.24) is 9.97 Å². The first-order chi connectivity index (χ1) is 18.2. The number of rotatable bonds is 2.